The second-order valence-electron chi connectivity index (χ2n) is 3.94. The molecule has 5 nitrogen and oxygen atoms in total. The third kappa shape index (κ3) is 3.57. The van der Waals surface area contributed by atoms with Gasteiger partial charge in [-0.25, -0.2) is 0 Å². The summed E-state index contributed by atoms with van der Waals surface area (Å²) in [7, 11) is 0. The van der Waals surface area contributed by atoms with Crippen LogP contribution in [0.1, 0.15) is 19.3 Å². The standard InChI is InChI=1S/C10H16ClN5/c11-10-14-9(8-13-15-10)12-4-7-16-5-2-1-3-6-16/h8H,1-7H2,(H,12,14,15). The van der Waals surface area contributed by atoms with Crippen LogP contribution >= 0.6 is 11.6 Å². The molecule has 1 N–H and O–H groups in total. The molecular formula is C10H16ClN5. The molecule has 6 heteroatoms. The Morgan fingerprint density at radius 2 is 2.12 bits per heavy atom. The molecule has 0 saturated carbocycles. The van der Waals surface area contributed by atoms with E-state index in [1.807, 2.05) is 0 Å². The Balaban J connectivity index is 1.71. The van der Waals surface area contributed by atoms with Crippen molar-refractivity contribution < 1.29 is 0 Å². The molecule has 2 heterocycles. The minimum Gasteiger partial charge on any atom is -0.367 e. The Morgan fingerprint density at radius 3 is 2.88 bits per heavy atom. The molecule has 1 aromatic heterocycles. The first-order valence-electron chi connectivity index (χ1n) is 5.66. The number of nitrogens with zero attached hydrogens (tertiary/aromatic N) is 4. The third-order valence-electron chi connectivity index (χ3n) is 2.72. The van der Waals surface area contributed by atoms with Gasteiger partial charge in [0.1, 0.15) is 5.82 Å². The van der Waals surface area contributed by atoms with Crippen molar-refractivity contribution in [3.63, 3.8) is 0 Å². The number of hydrogen-bond donors (Lipinski definition) is 1. The third-order valence-corrected chi connectivity index (χ3v) is 2.88. The molecule has 0 amide bonds. The summed E-state index contributed by atoms with van der Waals surface area (Å²) < 4.78 is 0. The van der Waals surface area contributed by atoms with Gasteiger partial charge in [0.05, 0.1) is 6.20 Å². The lowest BCUT2D eigenvalue weighted by Gasteiger charge is -2.26. The zero-order chi connectivity index (χ0) is 11.2. The highest BCUT2D eigenvalue weighted by Crippen LogP contribution is 2.08. The molecule has 0 bridgehead atoms. The molecule has 1 aliphatic rings. The van der Waals surface area contributed by atoms with Crippen molar-refractivity contribution in [3.8, 4) is 0 Å². The van der Waals surface area contributed by atoms with Crippen LogP contribution in [0, 0.1) is 0 Å². The Bertz CT molecular complexity index is 327. The zero-order valence-electron chi connectivity index (χ0n) is 9.19. The summed E-state index contributed by atoms with van der Waals surface area (Å²) in [6.07, 6.45) is 5.60. The summed E-state index contributed by atoms with van der Waals surface area (Å²) >= 11 is 5.64. The van der Waals surface area contributed by atoms with Gasteiger partial charge in [-0.05, 0) is 37.5 Å². The monoisotopic (exact) mass is 241 g/mol. The van der Waals surface area contributed by atoms with Gasteiger partial charge in [0.15, 0.2) is 0 Å². The molecule has 0 radical (unpaired) electrons. The predicted molar refractivity (Wildman–Crippen MR) is 63.6 cm³/mol. The lowest BCUT2D eigenvalue weighted by atomic mass is 10.1. The van der Waals surface area contributed by atoms with Crippen LogP contribution in [0.5, 0.6) is 0 Å². The van der Waals surface area contributed by atoms with Gasteiger partial charge >= 0.3 is 0 Å². The first-order valence-corrected chi connectivity index (χ1v) is 6.04. The van der Waals surface area contributed by atoms with Gasteiger partial charge in [0, 0.05) is 13.1 Å². The van der Waals surface area contributed by atoms with Gasteiger partial charge < -0.3 is 10.2 Å². The number of aromatic nitrogens is 3. The van der Waals surface area contributed by atoms with E-state index in [0.29, 0.717) is 5.82 Å². The van der Waals surface area contributed by atoms with Gasteiger partial charge in [-0.15, -0.1) is 5.10 Å². The molecule has 0 spiro atoms. The maximum absolute atomic E-state index is 5.64. The molecule has 0 aliphatic carbocycles. The smallest absolute Gasteiger partial charge is 0.244 e. The fraction of sp³-hybridized carbons (Fsp3) is 0.700. The van der Waals surface area contributed by atoms with Crippen molar-refractivity contribution in [2.75, 3.05) is 31.5 Å². The molecule has 0 unspecified atom stereocenters. The van der Waals surface area contributed by atoms with E-state index in [-0.39, 0.29) is 5.28 Å². The number of hydrogen-bond acceptors (Lipinski definition) is 5. The van der Waals surface area contributed by atoms with Gasteiger partial charge in [-0.3, -0.25) is 0 Å². The van der Waals surface area contributed by atoms with Crippen LogP contribution in [0.2, 0.25) is 5.28 Å². The second-order valence-corrected chi connectivity index (χ2v) is 4.28. The molecular weight excluding hydrogens is 226 g/mol. The van der Waals surface area contributed by atoms with Crippen molar-refractivity contribution >= 4 is 17.4 Å². The Kier molecular flexibility index (Phi) is 4.30. The number of piperidine rings is 1. The van der Waals surface area contributed by atoms with Crippen LogP contribution < -0.4 is 5.32 Å². The largest absolute Gasteiger partial charge is 0.367 e. The lowest BCUT2D eigenvalue weighted by molar-refractivity contribution is 0.237. The van der Waals surface area contributed by atoms with Gasteiger partial charge in [-0.1, -0.05) is 6.42 Å². The fourth-order valence-electron chi connectivity index (χ4n) is 1.89. The minimum absolute atomic E-state index is 0.183. The van der Waals surface area contributed by atoms with Gasteiger partial charge in [0.2, 0.25) is 5.28 Å². The highest BCUT2D eigenvalue weighted by atomic mass is 35.5. The summed E-state index contributed by atoms with van der Waals surface area (Å²) in [6, 6.07) is 0. The summed E-state index contributed by atoms with van der Waals surface area (Å²) in [6.45, 7) is 4.34. The van der Waals surface area contributed by atoms with Crippen LogP contribution in [0.4, 0.5) is 5.82 Å². The highest BCUT2D eigenvalue weighted by molar-refractivity contribution is 6.28. The maximum Gasteiger partial charge on any atom is 0.244 e. The lowest BCUT2D eigenvalue weighted by Crippen LogP contribution is -2.33. The first-order chi connectivity index (χ1) is 7.84. The van der Waals surface area contributed by atoms with Crippen LogP contribution in [-0.2, 0) is 0 Å². The topological polar surface area (TPSA) is 53.9 Å². The molecule has 1 aromatic rings. The van der Waals surface area contributed by atoms with Crippen molar-refractivity contribution in [1.82, 2.24) is 20.1 Å². The number of rotatable bonds is 4. The Morgan fingerprint density at radius 1 is 1.31 bits per heavy atom. The molecule has 1 aliphatic heterocycles. The fourth-order valence-corrected chi connectivity index (χ4v) is 2.03. The second kappa shape index (κ2) is 5.96. The van der Waals surface area contributed by atoms with E-state index in [2.05, 4.69) is 25.4 Å². The number of likely N-dealkylation sites (tertiary alicyclic amines) is 1. The van der Waals surface area contributed by atoms with Crippen LogP contribution in [0.25, 0.3) is 0 Å². The number of anilines is 1. The van der Waals surface area contributed by atoms with E-state index in [1.54, 1.807) is 6.20 Å². The minimum atomic E-state index is 0.183. The Hall–Kier alpha value is -0.940. The molecule has 0 atom stereocenters. The molecule has 16 heavy (non-hydrogen) atoms. The van der Waals surface area contributed by atoms with Crippen molar-refractivity contribution in [1.29, 1.82) is 0 Å². The van der Waals surface area contributed by atoms with Crippen LogP contribution in [0.15, 0.2) is 6.20 Å². The van der Waals surface area contributed by atoms with E-state index in [0.717, 1.165) is 13.1 Å². The Labute approximate surface area is 100 Å². The maximum atomic E-state index is 5.64. The summed E-state index contributed by atoms with van der Waals surface area (Å²) in [5.74, 6) is 0.692. The van der Waals surface area contributed by atoms with E-state index < -0.39 is 0 Å². The van der Waals surface area contributed by atoms with Crippen molar-refractivity contribution in [2.45, 2.75) is 19.3 Å². The molecule has 1 saturated heterocycles. The summed E-state index contributed by atoms with van der Waals surface area (Å²) in [4.78, 5) is 6.48. The van der Waals surface area contributed by atoms with E-state index >= 15 is 0 Å². The van der Waals surface area contributed by atoms with Crippen molar-refractivity contribution in [3.05, 3.63) is 11.5 Å². The van der Waals surface area contributed by atoms with E-state index in [4.69, 9.17) is 11.6 Å². The van der Waals surface area contributed by atoms with Crippen molar-refractivity contribution in [2.24, 2.45) is 0 Å². The van der Waals surface area contributed by atoms with Gasteiger partial charge in [-0.2, -0.15) is 10.1 Å². The predicted octanol–water partition coefficient (Wildman–Crippen LogP) is 1.42. The molecule has 2 rings (SSSR count). The highest BCUT2D eigenvalue weighted by Gasteiger charge is 2.08. The van der Waals surface area contributed by atoms with Gasteiger partial charge in [0.25, 0.3) is 0 Å². The van der Waals surface area contributed by atoms with E-state index in [1.165, 1.54) is 32.4 Å². The summed E-state index contributed by atoms with van der Waals surface area (Å²) in [5, 5.41) is 10.7. The molecule has 1 fully saturated rings. The molecule has 88 valence electrons. The number of halogens is 1. The summed E-state index contributed by atoms with van der Waals surface area (Å²) in [5.41, 5.74) is 0. The molecule has 0 aromatic carbocycles. The normalized spacial score (nSPS) is 17.3. The van der Waals surface area contributed by atoms with E-state index in [9.17, 15) is 0 Å². The average molecular weight is 242 g/mol. The van der Waals surface area contributed by atoms with Crippen LogP contribution in [-0.4, -0.2) is 46.3 Å². The van der Waals surface area contributed by atoms with Crippen LogP contribution in [0.3, 0.4) is 0 Å². The number of nitrogens with one attached hydrogen (secondary N) is 1. The quantitative estimate of drug-likeness (QED) is 0.864. The SMILES string of the molecule is Clc1nncc(NCCN2CCCCC2)n1. The first kappa shape index (κ1) is 11.5. The zero-order valence-corrected chi connectivity index (χ0v) is 9.95. The average Bonchev–Trinajstić information content (AvgIpc) is 2.30.